The van der Waals surface area contributed by atoms with Gasteiger partial charge in [0.15, 0.2) is 0 Å². The molecular formula is C12H16O2. The van der Waals surface area contributed by atoms with Crippen LogP contribution in [0.4, 0.5) is 0 Å². The van der Waals surface area contributed by atoms with Crippen LogP contribution < -0.4 is 0 Å². The second kappa shape index (κ2) is 3.37. The topological polar surface area (TPSA) is 40.5 Å². The van der Waals surface area contributed by atoms with E-state index in [1.807, 2.05) is 24.3 Å². The maximum absolute atomic E-state index is 9.81. The summed E-state index contributed by atoms with van der Waals surface area (Å²) in [5, 5.41) is 19.2. The minimum Gasteiger partial charge on any atom is -0.395 e. The molecule has 0 saturated carbocycles. The second-order valence-electron chi connectivity index (χ2n) is 4.36. The molecule has 1 aliphatic carbocycles. The van der Waals surface area contributed by atoms with E-state index >= 15 is 0 Å². The molecule has 0 fully saturated rings. The predicted molar refractivity (Wildman–Crippen MR) is 55.1 cm³/mol. The van der Waals surface area contributed by atoms with Gasteiger partial charge in [0.1, 0.15) is 0 Å². The number of rotatable bonds is 1. The van der Waals surface area contributed by atoms with Gasteiger partial charge in [0.25, 0.3) is 0 Å². The summed E-state index contributed by atoms with van der Waals surface area (Å²) < 4.78 is 0. The maximum atomic E-state index is 9.81. The molecule has 0 radical (unpaired) electrons. The third-order valence-electron chi connectivity index (χ3n) is 3.29. The van der Waals surface area contributed by atoms with Gasteiger partial charge < -0.3 is 10.2 Å². The molecule has 2 atom stereocenters. The zero-order valence-electron chi connectivity index (χ0n) is 8.40. The van der Waals surface area contributed by atoms with Crippen LogP contribution in [0, 0.1) is 0 Å². The van der Waals surface area contributed by atoms with Crippen LogP contribution in [0.25, 0.3) is 0 Å². The molecule has 1 aliphatic rings. The third kappa shape index (κ3) is 1.35. The number of aliphatic hydroxyl groups excluding tert-OH is 2. The number of aliphatic hydroxyl groups is 2. The average Bonchev–Trinajstić information content (AvgIpc) is 2.24. The summed E-state index contributed by atoms with van der Waals surface area (Å²) in [6.45, 7) is 2.20. The molecule has 0 aliphatic heterocycles. The molecule has 1 aromatic carbocycles. The molecular weight excluding hydrogens is 176 g/mol. The minimum atomic E-state index is -0.356. The van der Waals surface area contributed by atoms with Gasteiger partial charge in [-0.3, -0.25) is 0 Å². The van der Waals surface area contributed by atoms with Crippen molar-refractivity contribution in [3.8, 4) is 0 Å². The minimum absolute atomic E-state index is 0.150. The second-order valence-corrected chi connectivity index (χ2v) is 4.36. The quantitative estimate of drug-likeness (QED) is 0.712. The Morgan fingerprint density at radius 1 is 1.43 bits per heavy atom. The van der Waals surface area contributed by atoms with Gasteiger partial charge in [-0.15, -0.1) is 0 Å². The Hall–Kier alpha value is -0.860. The molecule has 76 valence electrons. The summed E-state index contributed by atoms with van der Waals surface area (Å²) >= 11 is 0. The highest BCUT2D eigenvalue weighted by atomic mass is 16.3. The van der Waals surface area contributed by atoms with E-state index in [0.29, 0.717) is 0 Å². The lowest BCUT2D eigenvalue weighted by atomic mass is 9.71. The van der Waals surface area contributed by atoms with E-state index in [0.717, 1.165) is 24.0 Å². The third-order valence-corrected chi connectivity index (χ3v) is 3.29. The van der Waals surface area contributed by atoms with Gasteiger partial charge in [-0.25, -0.2) is 0 Å². The summed E-state index contributed by atoms with van der Waals surface area (Å²) in [5.74, 6) is 0. The SMILES string of the molecule is C[C@]1(CO)CCC(O)c2ccccc21. The molecule has 0 spiro atoms. The van der Waals surface area contributed by atoms with E-state index in [-0.39, 0.29) is 18.1 Å². The van der Waals surface area contributed by atoms with E-state index in [2.05, 4.69) is 6.92 Å². The lowest BCUT2D eigenvalue weighted by Crippen LogP contribution is -2.32. The van der Waals surface area contributed by atoms with Crippen LogP contribution >= 0.6 is 0 Å². The van der Waals surface area contributed by atoms with Crippen molar-refractivity contribution in [2.24, 2.45) is 0 Å². The van der Waals surface area contributed by atoms with Crippen LogP contribution in [0.15, 0.2) is 24.3 Å². The van der Waals surface area contributed by atoms with Crippen molar-refractivity contribution in [2.75, 3.05) is 6.61 Å². The van der Waals surface area contributed by atoms with Gasteiger partial charge in [0, 0.05) is 5.41 Å². The van der Waals surface area contributed by atoms with Gasteiger partial charge in [-0.05, 0) is 24.0 Å². The number of hydrogen-bond acceptors (Lipinski definition) is 2. The van der Waals surface area contributed by atoms with E-state index in [9.17, 15) is 10.2 Å². The van der Waals surface area contributed by atoms with Gasteiger partial charge in [0.2, 0.25) is 0 Å². The Kier molecular flexibility index (Phi) is 2.33. The first-order valence-electron chi connectivity index (χ1n) is 5.06. The van der Waals surface area contributed by atoms with Gasteiger partial charge >= 0.3 is 0 Å². The zero-order chi connectivity index (χ0) is 10.2. The summed E-state index contributed by atoms with van der Waals surface area (Å²) in [6.07, 6.45) is 1.24. The van der Waals surface area contributed by atoms with E-state index < -0.39 is 0 Å². The molecule has 0 saturated heterocycles. The normalized spacial score (nSPS) is 31.2. The molecule has 2 rings (SSSR count). The predicted octanol–water partition coefficient (Wildman–Crippen LogP) is 1.76. The van der Waals surface area contributed by atoms with E-state index in [1.165, 1.54) is 0 Å². The molecule has 0 heterocycles. The van der Waals surface area contributed by atoms with Crippen molar-refractivity contribution in [3.63, 3.8) is 0 Å². The highest BCUT2D eigenvalue weighted by molar-refractivity contribution is 5.37. The largest absolute Gasteiger partial charge is 0.395 e. The fraction of sp³-hybridized carbons (Fsp3) is 0.500. The molecule has 0 amide bonds. The Balaban J connectivity index is 2.52. The summed E-state index contributed by atoms with van der Waals surface area (Å²) in [7, 11) is 0. The van der Waals surface area contributed by atoms with E-state index in [4.69, 9.17) is 0 Å². The van der Waals surface area contributed by atoms with Crippen LogP contribution in [-0.4, -0.2) is 16.8 Å². The molecule has 0 aromatic heterocycles. The Labute approximate surface area is 84.2 Å². The highest BCUT2D eigenvalue weighted by Gasteiger charge is 2.34. The fourth-order valence-corrected chi connectivity index (χ4v) is 2.25. The average molecular weight is 192 g/mol. The molecule has 2 N–H and O–H groups in total. The van der Waals surface area contributed by atoms with Crippen molar-refractivity contribution in [1.82, 2.24) is 0 Å². The lowest BCUT2D eigenvalue weighted by Gasteiger charge is -2.36. The van der Waals surface area contributed by atoms with Crippen LogP contribution in [0.3, 0.4) is 0 Å². The van der Waals surface area contributed by atoms with Crippen molar-refractivity contribution >= 4 is 0 Å². The standard InChI is InChI=1S/C12H16O2/c1-12(8-13)7-6-11(14)9-4-2-3-5-10(9)12/h2-5,11,13-14H,6-8H2,1H3/t11?,12-/m1/s1. The number of hydrogen-bond donors (Lipinski definition) is 2. The molecule has 2 heteroatoms. The highest BCUT2D eigenvalue weighted by Crippen LogP contribution is 2.41. The van der Waals surface area contributed by atoms with Gasteiger partial charge in [-0.1, -0.05) is 31.2 Å². The van der Waals surface area contributed by atoms with Crippen LogP contribution in [0.5, 0.6) is 0 Å². The van der Waals surface area contributed by atoms with Crippen molar-refractivity contribution in [2.45, 2.75) is 31.3 Å². The molecule has 1 unspecified atom stereocenters. The van der Waals surface area contributed by atoms with Crippen molar-refractivity contribution in [3.05, 3.63) is 35.4 Å². The molecule has 2 nitrogen and oxygen atoms in total. The summed E-state index contributed by atoms with van der Waals surface area (Å²) in [5.41, 5.74) is 1.91. The van der Waals surface area contributed by atoms with Gasteiger partial charge in [0.05, 0.1) is 12.7 Å². The Bertz CT molecular complexity index is 335. The van der Waals surface area contributed by atoms with Gasteiger partial charge in [-0.2, -0.15) is 0 Å². The zero-order valence-corrected chi connectivity index (χ0v) is 8.40. The monoisotopic (exact) mass is 192 g/mol. The number of benzene rings is 1. The first-order chi connectivity index (χ1) is 6.67. The lowest BCUT2D eigenvalue weighted by molar-refractivity contribution is 0.112. The Morgan fingerprint density at radius 2 is 2.14 bits per heavy atom. The van der Waals surface area contributed by atoms with Crippen LogP contribution in [-0.2, 0) is 5.41 Å². The number of fused-ring (bicyclic) bond motifs is 1. The first-order valence-corrected chi connectivity index (χ1v) is 5.06. The Morgan fingerprint density at radius 3 is 2.86 bits per heavy atom. The van der Waals surface area contributed by atoms with Crippen LogP contribution in [0.1, 0.15) is 37.0 Å². The maximum Gasteiger partial charge on any atom is 0.0793 e. The smallest absolute Gasteiger partial charge is 0.0793 e. The van der Waals surface area contributed by atoms with Crippen LogP contribution in [0.2, 0.25) is 0 Å². The molecule has 0 bridgehead atoms. The van der Waals surface area contributed by atoms with Crippen molar-refractivity contribution in [1.29, 1.82) is 0 Å². The van der Waals surface area contributed by atoms with Crippen molar-refractivity contribution < 1.29 is 10.2 Å². The molecule has 14 heavy (non-hydrogen) atoms. The first kappa shape index (κ1) is 9.69. The van der Waals surface area contributed by atoms with E-state index in [1.54, 1.807) is 0 Å². The summed E-state index contributed by atoms with van der Waals surface area (Å²) in [4.78, 5) is 0. The summed E-state index contributed by atoms with van der Waals surface area (Å²) in [6, 6.07) is 7.86. The molecule has 1 aromatic rings. The fourth-order valence-electron chi connectivity index (χ4n) is 2.25.